The van der Waals surface area contributed by atoms with Crippen LogP contribution in [0.1, 0.15) is 41.8 Å². The molecule has 0 saturated carbocycles. The number of nitrogens with zero attached hydrogens (tertiary/aromatic N) is 1. The minimum Gasteiger partial charge on any atom is -0.508 e. The number of rotatable bonds is 1. The Hall–Kier alpha value is -2.33. The van der Waals surface area contributed by atoms with Gasteiger partial charge in [-0.05, 0) is 47.7 Å². The zero-order valence-corrected chi connectivity index (χ0v) is 14.5. The number of aromatic hydroxyl groups is 1. The maximum absolute atomic E-state index is 13.1. The lowest BCUT2D eigenvalue weighted by atomic mass is 9.58. The molecule has 0 radical (unpaired) electrons. The van der Waals surface area contributed by atoms with Crippen molar-refractivity contribution in [2.75, 3.05) is 0 Å². The van der Waals surface area contributed by atoms with Gasteiger partial charge in [-0.2, -0.15) is 0 Å². The summed E-state index contributed by atoms with van der Waals surface area (Å²) in [6.45, 7) is 4.28. The van der Waals surface area contributed by atoms with E-state index in [4.69, 9.17) is 0 Å². The van der Waals surface area contributed by atoms with Crippen LogP contribution in [0, 0.1) is 5.92 Å². The molecule has 2 bridgehead atoms. The van der Waals surface area contributed by atoms with Gasteiger partial charge in [-0.3, -0.25) is 4.79 Å². The number of phenolic OH excluding ortho intramolecular Hbond substituents is 1. The van der Waals surface area contributed by atoms with Gasteiger partial charge in [0, 0.05) is 23.4 Å². The predicted molar refractivity (Wildman–Crippen MR) is 95.4 cm³/mol. The molecule has 1 aliphatic heterocycles. The van der Waals surface area contributed by atoms with Gasteiger partial charge in [0.2, 0.25) is 0 Å². The van der Waals surface area contributed by atoms with E-state index in [0.717, 1.165) is 11.1 Å². The molecule has 4 rings (SSSR count). The number of benzene rings is 2. The molecule has 1 fully saturated rings. The molecule has 2 aromatic carbocycles. The molecule has 2 N–H and O–H groups in total. The smallest absolute Gasteiger partial charge is 0.256 e. The highest BCUT2D eigenvalue weighted by atomic mass is 16.3. The molecule has 1 aliphatic carbocycles. The van der Waals surface area contributed by atoms with E-state index in [1.165, 1.54) is 0 Å². The number of carbonyl (C=O) groups excluding carboxylic acids is 1. The van der Waals surface area contributed by atoms with Crippen molar-refractivity contribution in [2.45, 2.75) is 44.4 Å². The molecule has 1 unspecified atom stereocenters. The Morgan fingerprint density at radius 3 is 2.64 bits per heavy atom. The third kappa shape index (κ3) is 2.35. The van der Waals surface area contributed by atoms with Crippen molar-refractivity contribution in [1.29, 1.82) is 0 Å². The number of carbonyl (C=O) groups is 1. The fourth-order valence-electron chi connectivity index (χ4n) is 4.70. The Bertz CT molecular complexity index is 819. The monoisotopic (exact) mass is 337 g/mol. The van der Waals surface area contributed by atoms with Crippen LogP contribution in [0.25, 0.3) is 0 Å². The van der Waals surface area contributed by atoms with Gasteiger partial charge < -0.3 is 15.1 Å². The van der Waals surface area contributed by atoms with E-state index in [-0.39, 0.29) is 29.0 Å². The van der Waals surface area contributed by atoms with Crippen LogP contribution >= 0.6 is 0 Å². The number of phenols is 1. The summed E-state index contributed by atoms with van der Waals surface area (Å²) in [4.78, 5) is 14.7. The topological polar surface area (TPSA) is 60.8 Å². The number of aliphatic hydroxyl groups is 1. The van der Waals surface area contributed by atoms with Gasteiger partial charge in [-0.15, -0.1) is 0 Å². The molecule has 1 saturated heterocycles. The van der Waals surface area contributed by atoms with E-state index < -0.39 is 6.23 Å². The minimum absolute atomic E-state index is 0.0569. The van der Waals surface area contributed by atoms with Crippen LogP contribution in [0.3, 0.4) is 0 Å². The third-order valence-corrected chi connectivity index (χ3v) is 6.26. The summed E-state index contributed by atoms with van der Waals surface area (Å²) in [5.41, 5.74) is 2.60. The SMILES string of the molecule is C[C@H]1[C@H]2Cc3ccc(O)cc3[C@]1(C)CC(O)N2C(=O)c1ccccc1. The number of hydrogen-bond donors (Lipinski definition) is 2. The molecule has 2 aromatic rings. The molecule has 0 spiro atoms. The molecule has 2 aliphatic rings. The van der Waals surface area contributed by atoms with Crippen LogP contribution in [-0.2, 0) is 11.8 Å². The van der Waals surface area contributed by atoms with Gasteiger partial charge in [0.25, 0.3) is 5.91 Å². The lowest BCUT2D eigenvalue weighted by molar-refractivity contribution is -0.0888. The van der Waals surface area contributed by atoms with Crippen molar-refractivity contribution in [3.8, 4) is 5.75 Å². The van der Waals surface area contributed by atoms with E-state index in [2.05, 4.69) is 13.8 Å². The standard InChI is InChI=1S/C21H23NO3/c1-13-18-10-15-8-9-16(23)11-17(15)21(13,2)12-19(24)22(18)20(25)14-6-4-3-5-7-14/h3-9,11,13,18-19,23-24H,10,12H2,1-2H3/t13-,18+,19?,21+/m0/s1. The first-order chi connectivity index (χ1) is 11.9. The van der Waals surface area contributed by atoms with Gasteiger partial charge in [0.15, 0.2) is 0 Å². The van der Waals surface area contributed by atoms with Crippen LogP contribution in [0.2, 0.25) is 0 Å². The summed E-state index contributed by atoms with van der Waals surface area (Å²) in [6, 6.07) is 14.6. The lowest BCUT2D eigenvalue weighted by Gasteiger charge is -2.56. The zero-order chi connectivity index (χ0) is 17.8. The number of aliphatic hydroxyl groups excluding tert-OH is 1. The second kappa shape index (κ2) is 5.60. The molecule has 130 valence electrons. The molecule has 4 nitrogen and oxygen atoms in total. The Morgan fingerprint density at radius 1 is 1.20 bits per heavy atom. The molecule has 4 heteroatoms. The molecule has 0 aromatic heterocycles. The Balaban J connectivity index is 1.78. The van der Waals surface area contributed by atoms with E-state index in [1.54, 1.807) is 23.1 Å². The van der Waals surface area contributed by atoms with Crippen molar-refractivity contribution in [3.63, 3.8) is 0 Å². The lowest BCUT2D eigenvalue weighted by Crippen LogP contribution is -2.63. The van der Waals surface area contributed by atoms with Gasteiger partial charge in [-0.25, -0.2) is 0 Å². The van der Waals surface area contributed by atoms with Crippen LogP contribution in [0.4, 0.5) is 0 Å². The van der Waals surface area contributed by atoms with E-state index >= 15 is 0 Å². The van der Waals surface area contributed by atoms with Crippen LogP contribution in [0.5, 0.6) is 5.75 Å². The highest BCUT2D eigenvalue weighted by molar-refractivity contribution is 5.94. The second-order valence-electron chi connectivity index (χ2n) is 7.58. The Morgan fingerprint density at radius 2 is 1.92 bits per heavy atom. The van der Waals surface area contributed by atoms with Crippen molar-refractivity contribution in [2.24, 2.45) is 5.92 Å². The first kappa shape index (κ1) is 16.2. The van der Waals surface area contributed by atoms with Gasteiger partial charge in [0.1, 0.15) is 12.0 Å². The maximum Gasteiger partial charge on any atom is 0.256 e. The molecule has 4 atom stereocenters. The third-order valence-electron chi connectivity index (χ3n) is 6.26. The Labute approximate surface area is 147 Å². The fourth-order valence-corrected chi connectivity index (χ4v) is 4.70. The summed E-state index contributed by atoms with van der Waals surface area (Å²) in [5.74, 6) is 0.329. The molecular formula is C21H23NO3. The molecule has 1 heterocycles. The van der Waals surface area contributed by atoms with Gasteiger partial charge in [-0.1, -0.05) is 38.1 Å². The van der Waals surface area contributed by atoms with Crippen molar-refractivity contribution in [1.82, 2.24) is 4.90 Å². The van der Waals surface area contributed by atoms with E-state index in [0.29, 0.717) is 18.4 Å². The highest BCUT2D eigenvalue weighted by Crippen LogP contribution is 2.51. The summed E-state index contributed by atoms with van der Waals surface area (Å²) < 4.78 is 0. The summed E-state index contributed by atoms with van der Waals surface area (Å²) in [5, 5.41) is 20.7. The number of hydrogen-bond acceptors (Lipinski definition) is 3. The summed E-state index contributed by atoms with van der Waals surface area (Å²) in [7, 11) is 0. The fraction of sp³-hybridized carbons (Fsp3) is 0.381. The van der Waals surface area contributed by atoms with Crippen LogP contribution in [0.15, 0.2) is 48.5 Å². The average Bonchev–Trinajstić information content (AvgIpc) is 2.60. The number of amides is 1. The highest BCUT2D eigenvalue weighted by Gasteiger charge is 2.53. The first-order valence-electron chi connectivity index (χ1n) is 8.80. The Kier molecular flexibility index (Phi) is 3.62. The molecular weight excluding hydrogens is 314 g/mol. The van der Waals surface area contributed by atoms with Gasteiger partial charge in [0.05, 0.1) is 0 Å². The maximum atomic E-state index is 13.1. The van der Waals surface area contributed by atoms with Crippen molar-refractivity contribution >= 4 is 5.91 Å². The quantitative estimate of drug-likeness (QED) is 0.841. The second-order valence-corrected chi connectivity index (χ2v) is 7.58. The van der Waals surface area contributed by atoms with Crippen molar-refractivity contribution in [3.05, 3.63) is 65.2 Å². The zero-order valence-electron chi connectivity index (χ0n) is 14.5. The summed E-state index contributed by atoms with van der Waals surface area (Å²) in [6.07, 6.45) is 0.344. The number of fused-ring (bicyclic) bond motifs is 4. The molecule has 1 amide bonds. The average molecular weight is 337 g/mol. The molecule has 25 heavy (non-hydrogen) atoms. The van der Waals surface area contributed by atoms with Crippen LogP contribution < -0.4 is 0 Å². The first-order valence-corrected chi connectivity index (χ1v) is 8.80. The number of piperidine rings is 1. The van der Waals surface area contributed by atoms with E-state index in [1.807, 2.05) is 30.3 Å². The van der Waals surface area contributed by atoms with E-state index in [9.17, 15) is 15.0 Å². The largest absolute Gasteiger partial charge is 0.508 e. The summed E-state index contributed by atoms with van der Waals surface area (Å²) >= 11 is 0. The van der Waals surface area contributed by atoms with Crippen LogP contribution in [-0.4, -0.2) is 33.3 Å². The minimum atomic E-state index is -0.825. The number of likely N-dealkylation sites (tertiary alicyclic amines) is 1. The van der Waals surface area contributed by atoms with Crippen molar-refractivity contribution < 1.29 is 15.0 Å². The predicted octanol–water partition coefficient (Wildman–Crippen LogP) is 3.08. The van der Waals surface area contributed by atoms with Gasteiger partial charge >= 0.3 is 0 Å². The normalized spacial score (nSPS) is 30.7.